The van der Waals surface area contributed by atoms with Crippen LogP contribution in [-0.4, -0.2) is 36.9 Å². The highest BCUT2D eigenvalue weighted by Gasteiger charge is 2.31. The van der Waals surface area contributed by atoms with Crippen LogP contribution >= 0.6 is 0 Å². The minimum atomic E-state index is -1.05. The number of nitrogens with one attached hydrogen (secondary N) is 2. The van der Waals surface area contributed by atoms with E-state index in [-0.39, 0.29) is 11.8 Å². The van der Waals surface area contributed by atoms with Crippen LogP contribution in [0.2, 0.25) is 0 Å². The van der Waals surface area contributed by atoms with E-state index in [2.05, 4.69) is 40.6 Å². The van der Waals surface area contributed by atoms with Gasteiger partial charge in [-0.2, -0.15) is 0 Å². The zero-order valence-electron chi connectivity index (χ0n) is 26.4. The lowest BCUT2D eigenvalue weighted by molar-refractivity contribution is -0.115. The summed E-state index contributed by atoms with van der Waals surface area (Å²) in [6.45, 7) is 14.8. The predicted molar refractivity (Wildman–Crippen MR) is 176 cm³/mol. The van der Waals surface area contributed by atoms with Gasteiger partial charge in [-0.1, -0.05) is 97.5 Å². The molecule has 3 aromatic carbocycles. The molecule has 1 unspecified atom stereocenters. The lowest BCUT2D eigenvalue weighted by Crippen LogP contribution is -2.35. The molecule has 1 amide bonds. The fourth-order valence-electron chi connectivity index (χ4n) is 4.96. The number of amides is 1. The zero-order chi connectivity index (χ0) is 31.4. The summed E-state index contributed by atoms with van der Waals surface area (Å²) in [6, 6.07) is 26.3. The van der Waals surface area contributed by atoms with Crippen LogP contribution in [0, 0.1) is 0 Å². The highest BCUT2D eigenvalue weighted by atomic mass is 16.7. The molecule has 0 saturated carbocycles. The molecule has 1 atom stereocenters. The Morgan fingerprint density at radius 1 is 0.955 bits per heavy atom. The van der Waals surface area contributed by atoms with E-state index in [1.807, 2.05) is 88.4 Å². The van der Waals surface area contributed by atoms with E-state index in [0.717, 1.165) is 42.6 Å². The molecule has 0 fully saturated rings. The molecule has 1 aliphatic heterocycles. The van der Waals surface area contributed by atoms with Crippen molar-refractivity contribution in [3.8, 4) is 0 Å². The lowest BCUT2D eigenvalue weighted by atomic mass is 9.91. The van der Waals surface area contributed by atoms with Crippen LogP contribution in [0.4, 0.5) is 0 Å². The topological polar surface area (TPSA) is 81.2 Å². The first-order valence-corrected chi connectivity index (χ1v) is 15.4. The third-order valence-corrected chi connectivity index (χ3v) is 7.61. The van der Waals surface area contributed by atoms with E-state index in [9.17, 15) is 4.79 Å². The molecule has 3 aromatic rings. The van der Waals surface area contributed by atoms with Crippen LogP contribution in [0.3, 0.4) is 0 Å². The number of hydrogen-bond acceptors (Lipinski definition) is 6. The molecular formula is C37H45N3O4. The maximum Gasteiger partial charge on any atom is 0.269 e. The van der Waals surface area contributed by atoms with Gasteiger partial charge in [0.05, 0.1) is 0 Å². The SMILES string of the molecule is C=C(/C=C(/OCc1ccccc1)C(C)(C)O/N=C(/C(=O)NCC)C(C)c1ccc2c(c1)CCNCC2)OCc1ccccc1. The van der Waals surface area contributed by atoms with Crippen LogP contribution in [0.25, 0.3) is 0 Å². The van der Waals surface area contributed by atoms with E-state index >= 15 is 0 Å². The quantitative estimate of drug-likeness (QED) is 0.0951. The minimum absolute atomic E-state index is 0.265. The maximum atomic E-state index is 13.3. The molecule has 0 spiro atoms. The molecule has 0 aromatic heterocycles. The van der Waals surface area contributed by atoms with Crippen molar-refractivity contribution in [3.63, 3.8) is 0 Å². The molecule has 232 valence electrons. The molecule has 1 aliphatic rings. The van der Waals surface area contributed by atoms with Crippen LogP contribution in [0.1, 0.15) is 61.4 Å². The van der Waals surface area contributed by atoms with Crippen LogP contribution in [-0.2, 0) is 45.2 Å². The van der Waals surface area contributed by atoms with Crippen molar-refractivity contribution < 1.29 is 19.1 Å². The molecular weight excluding hydrogens is 550 g/mol. The average Bonchev–Trinajstić information content (AvgIpc) is 3.28. The number of carbonyl (C=O) groups excluding carboxylic acids is 1. The number of oxime groups is 1. The second-order valence-electron chi connectivity index (χ2n) is 11.5. The number of carbonyl (C=O) groups is 1. The second kappa shape index (κ2) is 15.9. The molecule has 1 heterocycles. The Morgan fingerprint density at radius 2 is 1.57 bits per heavy atom. The molecule has 4 rings (SSSR count). The van der Waals surface area contributed by atoms with Gasteiger partial charge in [-0.25, -0.2) is 0 Å². The van der Waals surface area contributed by atoms with E-state index in [1.165, 1.54) is 11.1 Å². The lowest BCUT2D eigenvalue weighted by Gasteiger charge is -2.27. The molecule has 0 aliphatic carbocycles. The van der Waals surface area contributed by atoms with Crippen molar-refractivity contribution in [2.45, 2.75) is 65.3 Å². The third-order valence-electron chi connectivity index (χ3n) is 7.61. The van der Waals surface area contributed by atoms with Crippen molar-refractivity contribution in [1.82, 2.24) is 10.6 Å². The number of rotatable bonds is 14. The van der Waals surface area contributed by atoms with E-state index < -0.39 is 5.60 Å². The van der Waals surface area contributed by atoms with Gasteiger partial charge in [0.1, 0.15) is 24.7 Å². The van der Waals surface area contributed by atoms with E-state index in [0.29, 0.717) is 37.0 Å². The molecule has 0 radical (unpaired) electrons. The molecule has 0 saturated heterocycles. The van der Waals surface area contributed by atoms with Crippen molar-refractivity contribution in [1.29, 1.82) is 0 Å². The molecule has 44 heavy (non-hydrogen) atoms. The maximum absolute atomic E-state index is 13.3. The van der Waals surface area contributed by atoms with Gasteiger partial charge in [0, 0.05) is 18.5 Å². The Kier molecular flexibility index (Phi) is 11.8. The highest BCUT2D eigenvalue weighted by Crippen LogP contribution is 2.28. The van der Waals surface area contributed by atoms with Gasteiger partial charge < -0.3 is 24.9 Å². The number of hydrogen-bond donors (Lipinski definition) is 2. The number of nitrogens with zero attached hydrogens (tertiary/aromatic N) is 1. The summed E-state index contributed by atoms with van der Waals surface area (Å²) in [4.78, 5) is 19.5. The van der Waals surface area contributed by atoms with Gasteiger partial charge in [-0.3, -0.25) is 4.79 Å². The van der Waals surface area contributed by atoms with E-state index in [1.54, 1.807) is 6.08 Å². The third kappa shape index (κ3) is 9.32. The fourth-order valence-corrected chi connectivity index (χ4v) is 4.96. The molecule has 7 heteroatoms. The highest BCUT2D eigenvalue weighted by molar-refractivity contribution is 6.40. The first kappa shape index (κ1) is 32.6. The minimum Gasteiger partial charge on any atom is -0.489 e. The summed E-state index contributed by atoms with van der Waals surface area (Å²) >= 11 is 0. The summed E-state index contributed by atoms with van der Waals surface area (Å²) in [6.07, 6.45) is 3.68. The Balaban J connectivity index is 1.58. The molecule has 7 nitrogen and oxygen atoms in total. The van der Waals surface area contributed by atoms with Crippen molar-refractivity contribution in [2.75, 3.05) is 19.6 Å². The summed E-state index contributed by atoms with van der Waals surface area (Å²) in [5.41, 5.74) is 4.96. The first-order chi connectivity index (χ1) is 21.3. The Bertz CT molecular complexity index is 1450. The van der Waals surface area contributed by atoms with E-state index in [4.69, 9.17) is 14.3 Å². The van der Waals surface area contributed by atoms with Gasteiger partial charge in [-0.05, 0) is 74.5 Å². The zero-order valence-corrected chi connectivity index (χ0v) is 26.4. The summed E-state index contributed by atoms with van der Waals surface area (Å²) in [5.74, 6) is 0.345. The largest absolute Gasteiger partial charge is 0.489 e. The Labute approximate surface area is 262 Å². The normalized spacial score (nSPS) is 14.5. The van der Waals surface area contributed by atoms with Crippen molar-refractivity contribution in [3.05, 3.63) is 131 Å². The summed E-state index contributed by atoms with van der Waals surface area (Å²) in [7, 11) is 0. The van der Waals surface area contributed by atoms with Gasteiger partial charge in [0.2, 0.25) is 0 Å². The Morgan fingerprint density at radius 3 is 2.20 bits per heavy atom. The number of ether oxygens (including phenoxy) is 2. The summed E-state index contributed by atoms with van der Waals surface area (Å²) < 4.78 is 12.2. The number of benzene rings is 3. The van der Waals surface area contributed by atoms with Crippen LogP contribution < -0.4 is 10.6 Å². The number of allylic oxidation sites excluding steroid dienone is 1. The van der Waals surface area contributed by atoms with Crippen LogP contribution in [0.15, 0.2) is 108 Å². The predicted octanol–water partition coefficient (Wildman–Crippen LogP) is 6.60. The number of fused-ring (bicyclic) bond motifs is 1. The first-order valence-electron chi connectivity index (χ1n) is 15.4. The summed E-state index contributed by atoms with van der Waals surface area (Å²) in [5, 5.41) is 10.9. The van der Waals surface area contributed by atoms with Crippen molar-refractivity contribution in [2.24, 2.45) is 5.16 Å². The Hall–Kier alpha value is -4.36. The molecule has 2 N–H and O–H groups in total. The van der Waals surface area contributed by atoms with Gasteiger partial charge in [-0.15, -0.1) is 0 Å². The standard InChI is InChI=1S/C37H45N3O4/c1-6-39-36(41)35(28(3)32-18-17-31-19-21-38-22-20-33(31)24-32)40-44-37(4,5)34(43-26-30-15-11-8-12-16-30)23-27(2)42-25-29-13-9-7-10-14-29/h7-18,23-24,28,38H,2,6,19-22,25-26H2,1,3-5H3,(H,39,41)/b34-23+,40-35+. The fraction of sp³-hybridized carbons (Fsp3) is 0.351. The van der Waals surface area contributed by atoms with Gasteiger partial charge in [0.15, 0.2) is 11.3 Å². The monoisotopic (exact) mass is 595 g/mol. The van der Waals surface area contributed by atoms with Gasteiger partial charge >= 0.3 is 0 Å². The van der Waals surface area contributed by atoms with Crippen LogP contribution in [0.5, 0.6) is 0 Å². The molecule has 0 bridgehead atoms. The van der Waals surface area contributed by atoms with Gasteiger partial charge in [0.25, 0.3) is 5.91 Å². The smallest absolute Gasteiger partial charge is 0.269 e. The average molecular weight is 596 g/mol. The second-order valence-corrected chi connectivity index (χ2v) is 11.5. The van der Waals surface area contributed by atoms with Crippen molar-refractivity contribution >= 4 is 11.6 Å².